The maximum Gasteiger partial charge on any atom is 0.280 e. The van der Waals surface area contributed by atoms with Crippen molar-refractivity contribution >= 4 is 11.9 Å². The van der Waals surface area contributed by atoms with Crippen LogP contribution in [0.5, 0.6) is 0 Å². The number of aromatic amines is 1. The molecule has 0 bridgehead atoms. The first-order chi connectivity index (χ1) is 10.6. The summed E-state index contributed by atoms with van der Waals surface area (Å²) in [5.41, 5.74) is 3.94. The average Bonchev–Trinajstić information content (AvgIpc) is 2.82. The fourth-order valence-electron chi connectivity index (χ4n) is 2.16. The molecular weight excluding hydrogens is 276 g/mol. The molecule has 0 amide bonds. The van der Waals surface area contributed by atoms with Crippen LogP contribution in [0.3, 0.4) is 0 Å². The maximum atomic E-state index is 12.5. The molecule has 0 aliphatic carbocycles. The minimum Gasteiger partial charge on any atom is -0.295 e. The number of H-pyrrole nitrogens is 1. The highest BCUT2D eigenvalue weighted by Gasteiger charge is 2.10. The summed E-state index contributed by atoms with van der Waals surface area (Å²) in [7, 11) is 0. The smallest absolute Gasteiger partial charge is 0.280 e. The molecule has 0 spiro atoms. The Hall–Kier alpha value is -2.95. The number of hydrogen-bond donors (Lipinski definition) is 1. The van der Waals surface area contributed by atoms with Crippen molar-refractivity contribution in [3.8, 4) is 5.69 Å². The molecule has 3 aromatic rings. The van der Waals surface area contributed by atoms with Crippen LogP contribution in [0.15, 0.2) is 58.6 Å². The minimum absolute atomic E-state index is 0.112. The third-order valence-electron chi connectivity index (χ3n) is 3.41. The van der Waals surface area contributed by atoms with E-state index in [0.29, 0.717) is 5.56 Å². The lowest BCUT2D eigenvalue weighted by Crippen LogP contribution is -2.17. The molecule has 3 rings (SSSR count). The summed E-state index contributed by atoms with van der Waals surface area (Å²) in [6, 6.07) is 11.4. The predicted molar refractivity (Wildman–Crippen MR) is 87.4 cm³/mol. The highest BCUT2D eigenvalue weighted by molar-refractivity contribution is 5.82. The van der Waals surface area contributed by atoms with Gasteiger partial charge in [0.15, 0.2) is 0 Å². The van der Waals surface area contributed by atoms with Crippen LogP contribution in [-0.2, 0) is 0 Å². The molecule has 0 aliphatic rings. The number of benzene rings is 1. The van der Waals surface area contributed by atoms with Gasteiger partial charge in [-0.1, -0.05) is 17.7 Å². The van der Waals surface area contributed by atoms with Crippen LogP contribution in [0.25, 0.3) is 5.69 Å². The van der Waals surface area contributed by atoms with E-state index in [1.807, 2.05) is 38.1 Å². The first-order valence-electron chi connectivity index (χ1n) is 6.98. The number of aliphatic imine (C=N–C) groups is 1. The van der Waals surface area contributed by atoms with Gasteiger partial charge in [-0.05, 0) is 38.1 Å². The quantitative estimate of drug-likeness (QED) is 0.754. The molecule has 0 atom stereocenters. The van der Waals surface area contributed by atoms with Gasteiger partial charge in [0, 0.05) is 24.3 Å². The largest absolute Gasteiger partial charge is 0.295 e. The Morgan fingerprint density at radius 2 is 1.77 bits per heavy atom. The summed E-state index contributed by atoms with van der Waals surface area (Å²) >= 11 is 0. The summed E-state index contributed by atoms with van der Waals surface area (Å²) in [6.45, 7) is 3.87. The average molecular weight is 292 g/mol. The van der Waals surface area contributed by atoms with Gasteiger partial charge < -0.3 is 0 Å². The molecule has 110 valence electrons. The van der Waals surface area contributed by atoms with Crippen molar-refractivity contribution in [2.45, 2.75) is 13.8 Å². The number of nitrogens with one attached hydrogen (secondary N) is 1. The van der Waals surface area contributed by atoms with E-state index in [9.17, 15) is 4.79 Å². The second kappa shape index (κ2) is 5.81. The third kappa shape index (κ3) is 2.74. The third-order valence-corrected chi connectivity index (χ3v) is 3.41. The van der Waals surface area contributed by atoms with Crippen molar-refractivity contribution in [3.63, 3.8) is 0 Å². The van der Waals surface area contributed by atoms with Crippen LogP contribution in [0, 0.1) is 13.8 Å². The monoisotopic (exact) mass is 292 g/mol. The standard InChI is InChI=1S/C17H16N4O/c1-12-3-5-15(6-4-12)21-17(22)16(13(2)20-21)11-19-14-7-9-18-10-8-14/h3-11,20H,1-2H3. The number of aromatic nitrogens is 3. The molecular formula is C17H16N4O. The highest BCUT2D eigenvalue weighted by atomic mass is 16.1. The van der Waals surface area contributed by atoms with Crippen LogP contribution in [0.1, 0.15) is 16.8 Å². The second-order valence-electron chi connectivity index (χ2n) is 5.09. The molecule has 1 N–H and O–H groups in total. The van der Waals surface area contributed by atoms with Gasteiger partial charge in [-0.25, -0.2) is 4.68 Å². The van der Waals surface area contributed by atoms with Crippen LogP contribution >= 0.6 is 0 Å². The summed E-state index contributed by atoms with van der Waals surface area (Å²) in [5, 5.41) is 3.09. The topological polar surface area (TPSA) is 63.0 Å². The highest BCUT2D eigenvalue weighted by Crippen LogP contribution is 2.10. The SMILES string of the molecule is Cc1ccc(-n2[nH]c(C)c(C=Nc3ccncc3)c2=O)cc1. The molecule has 0 fully saturated rings. The Morgan fingerprint density at radius 1 is 1.09 bits per heavy atom. The summed E-state index contributed by atoms with van der Waals surface area (Å²) < 4.78 is 1.53. The van der Waals surface area contributed by atoms with Gasteiger partial charge >= 0.3 is 0 Å². The van der Waals surface area contributed by atoms with Gasteiger partial charge in [0.25, 0.3) is 5.56 Å². The van der Waals surface area contributed by atoms with E-state index in [1.54, 1.807) is 30.7 Å². The van der Waals surface area contributed by atoms with E-state index in [4.69, 9.17) is 0 Å². The van der Waals surface area contributed by atoms with Crippen LogP contribution in [0.2, 0.25) is 0 Å². The zero-order valence-corrected chi connectivity index (χ0v) is 12.4. The van der Waals surface area contributed by atoms with E-state index in [1.165, 1.54) is 4.68 Å². The number of hydrogen-bond acceptors (Lipinski definition) is 3. The number of nitrogens with zero attached hydrogens (tertiary/aromatic N) is 3. The Kier molecular flexibility index (Phi) is 3.70. The molecule has 0 unspecified atom stereocenters. The van der Waals surface area contributed by atoms with Crippen molar-refractivity contribution < 1.29 is 0 Å². The lowest BCUT2D eigenvalue weighted by Gasteiger charge is -2.01. The maximum absolute atomic E-state index is 12.5. The molecule has 0 radical (unpaired) electrons. The first-order valence-corrected chi connectivity index (χ1v) is 6.98. The van der Waals surface area contributed by atoms with Crippen molar-refractivity contribution in [1.29, 1.82) is 0 Å². The van der Waals surface area contributed by atoms with Gasteiger partial charge in [0.1, 0.15) is 0 Å². The van der Waals surface area contributed by atoms with Crippen molar-refractivity contribution in [2.75, 3.05) is 0 Å². The predicted octanol–water partition coefficient (Wildman–Crippen LogP) is 2.93. The zero-order valence-electron chi connectivity index (χ0n) is 12.4. The molecule has 2 aromatic heterocycles. The number of rotatable bonds is 3. The lowest BCUT2D eigenvalue weighted by molar-refractivity contribution is 0.835. The molecule has 2 heterocycles. The molecule has 0 saturated heterocycles. The Bertz CT molecular complexity index is 858. The van der Waals surface area contributed by atoms with Crippen molar-refractivity contribution in [3.05, 3.63) is 76.0 Å². The Labute approximate surface area is 128 Å². The fourth-order valence-corrected chi connectivity index (χ4v) is 2.16. The summed E-state index contributed by atoms with van der Waals surface area (Å²) in [4.78, 5) is 20.8. The van der Waals surface area contributed by atoms with Gasteiger partial charge in [-0.15, -0.1) is 0 Å². The van der Waals surface area contributed by atoms with Crippen LogP contribution in [0.4, 0.5) is 5.69 Å². The van der Waals surface area contributed by atoms with Gasteiger partial charge in [-0.2, -0.15) is 0 Å². The minimum atomic E-state index is -0.112. The first kappa shape index (κ1) is 14.0. The normalized spacial score (nSPS) is 11.2. The molecule has 5 heteroatoms. The summed E-state index contributed by atoms with van der Waals surface area (Å²) in [5.74, 6) is 0. The van der Waals surface area contributed by atoms with Gasteiger partial charge in [0.2, 0.25) is 0 Å². The van der Waals surface area contributed by atoms with E-state index in [-0.39, 0.29) is 5.56 Å². The number of aryl methyl sites for hydroxylation is 2. The van der Waals surface area contributed by atoms with Crippen molar-refractivity contribution in [2.24, 2.45) is 4.99 Å². The molecule has 0 saturated carbocycles. The molecule has 22 heavy (non-hydrogen) atoms. The van der Waals surface area contributed by atoms with E-state index in [2.05, 4.69) is 15.1 Å². The molecule has 5 nitrogen and oxygen atoms in total. The Balaban J connectivity index is 1.99. The molecule has 0 aliphatic heterocycles. The lowest BCUT2D eigenvalue weighted by atomic mass is 10.2. The van der Waals surface area contributed by atoms with Gasteiger partial charge in [-0.3, -0.25) is 19.9 Å². The van der Waals surface area contributed by atoms with Gasteiger partial charge in [0.05, 0.1) is 16.9 Å². The number of pyridine rings is 1. The van der Waals surface area contributed by atoms with Crippen LogP contribution in [-0.4, -0.2) is 21.0 Å². The zero-order chi connectivity index (χ0) is 15.5. The van der Waals surface area contributed by atoms with Crippen molar-refractivity contribution in [1.82, 2.24) is 14.8 Å². The van der Waals surface area contributed by atoms with Crippen LogP contribution < -0.4 is 5.56 Å². The fraction of sp³-hybridized carbons (Fsp3) is 0.118. The second-order valence-corrected chi connectivity index (χ2v) is 5.09. The Morgan fingerprint density at radius 3 is 2.45 bits per heavy atom. The van der Waals surface area contributed by atoms with E-state index >= 15 is 0 Å². The van der Waals surface area contributed by atoms with E-state index in [0.717, 1.165) is 22.6 Å². The summed E-state index contributed by atoms with van der Waals surface area (Å²) in [6.07, 6.45) is 4.93. The van der Waals surface area contributed by atoms with E-state index < -0.39 is 0 Å². The molecule has 1 aromatic carbocycles.